The highest BCUT2D eigenvalue weighted by molar-refractivity contribution is 7.90. The normalized spacial score (nSPS) is 15.4. The number of amides is 2. The summed E-state index contributed by atoms with van der Waals surface area (Å²) in [6.45, 7) is 0.221. The zero-order valence-corrected chi connectivity index (χ0v) is 17.6. The van der Waals surface area contributed by atoms with E-state index in [-0.39, 0.29) is 18.2 Å². The molecule has 0 saturated carbocycles. The SMILES string of the molecule is O=C(NCc1ccco1)c1ccc2c(c1)NC(=O)C(CS(=O)(=O)Cc1cccc(F)c1)N2. The Morgan fingerprint density at radius 3 is 2.69 bits per heavy atom. The van der Waals surface area contributed by atoms with Crippen LogP contribution in [-0.2, 0) is 26.9 Å². The van der Waals surface area contributed by atoms with Crippen LogP contribution in [0.5, 0.6) is 0 Å². The lowest BCUT2D eigenvalue weighted by Crippen LogP contribution is -2.43. The molecule has 166 valence electrons. The summed E-state index contributed by atoms with van der Waals surface area (Å²) in [5, 5.41) is 8.27. The van der Waals surface area contributed by atoms with E-state index in [0.29, 0.717) is 28.3 Å². The number of furan rings is 1. The van der Waals surface area contributed by atoms with Crippen LogP contribution in [0.25, 0.3) is 0 Å². The van der Waals surface area contributed by atoms with E-state index in [0.717, 1.165) is 6.07 Å². The zero-order valence-electron chi connectivity index (χ0n) is 16.8. The van der Waals surface area contributed by atoms with E-state index < -0.39 is 33.4 Å². The third kappa shape index (κ3) is 5.14. The summed E-state index contributed by atoms with van der Waals surface area (Å²) < 4.78 is 43.6. The van der Waals surface area contributed by atoms with Crippen LogP contribution in [-0.4, -0.2) is 32.0 Å². The quantitative estimate of drug-likeness (QED) is 0.502. The van der Waals surface area contributed by atoms with Gasteiger partial charge in [-0.05, 0) is 48.0 Å². The third-order valence-electron chi connectivity index (χ3n) is 4.89. The number of anilines is 2. The first kappa shape index (κ1) is 21.6. The van der Waals surface area contributed by atoms with E-state index >= 15 is 0 Å². The topological polar surface area (TPSA) is 118 Å². The minimum Gasteiger partial charge on any atom is -0.467 e. The molecule has 1 aromatic heterocycles. The van der Waals surface area contributed by atoms with Crippen molar-refractivity contribution in [3.05, 3.63) is 83.6 Å². The third-order valence-corrected chi connectivity index (χ3v) is 6.50. The Bertz CT molecular complexity index is 1260. The fraction of sp³-hybridized carbons (Fsp3) is 0.182. The number of sulfone groups is 1. The fourth-order valence-corrected chi connectivity index (χ4v) is 4.93. The van der Waals surface area contributed by atoms with Gasteiger partial charge >= 0.3 is 0 Å². The number of benzene rings is 2. The van der Waals surface area contributed by atoms with Crippen molar-refractivity contribution in [2.75, 3.05) is 16.4 Å². The number of carbonyl (C=O) groups excluding carboxylic acids is 2. The van der Waals surface area contributed by atoms with Crippen LogP contribution in [0.15, 0.2) is 65.3 Å². The van der Waals surface area contributed by atoms with Gasteiger partial charge in [0.15, 0.2) is 9.84 Å². The standard InChI is InChI=1S/C22H20FN3O5S/c23-16-4-1-3-14(9-16)12-32(29,30)13-20-22(28)26-19-10-15(6-7-18(19)25-20)21(27)24-11-17-5-2-8-31-17/h1-10,20,25H,11-13H2,(H,24,27)(H,26,28). The molecule has 32 heavy (non-hydrogen) atoms. The Morgan fingerprint density at radius 2 is 1.94 bits per heavy atom. The summed E-state index contributed by atoms with van der Waals surface area (Å²) in [4.78, 5) is 24.9. The van der Waals surface area contributed by atoms with Crippen LogP contribution in [0.2, 0.25) is 0 Å². The average Bonchev–Trinajstić information content (AvgIpc) is 3.25. The molecule has 1 unspecified atom stereocenters. The van der Waals surface area contributed by atoms with Crippen molar-refractivity contribution in [1.29, 1.82) is 0 Å². The largest absolute Gasteiger partial charge is 0.467 e. The molecule has 0 saturated heterocycles. The number of hydrogen-bond acceptors (Lipinski definition) is 6. The Balaban J connectivity index is 1.42. The van der Waals surface area contributed by atoms with Crippen molar-refractivity contribution >= 4 is 33.0 Å². The monoisotopic (exact) mass is 457 g/mol. The summed E-state index contributed by atoms with van der Waals surface area (Å²) in [6, 6.07) is 12.5. The number of hydrogen-bond donors (Lipinski definition) is 3. The molecule has 0 spiro atoms. The molecule has 1 atom stereocenters. The average molecular weight is 457 g/mol. The minimum absolute atomic E-state index is 0.221. The minimum atomic E-state index is -3.70. The second-order valence-electron chi connectivity index (χ2n) is 7.39. The number of nitrogens with one attached hydrogen (secondary N) is 3. The number of rotatable bonds is 7. The van der Waals surface area contributed by atoms with E-state index in [2.05, 4.69) is 16.0 Å². The molecule has 0 aliphatic carbocycles. The molecular formula is C22H20FN3O5S. The Hall–Kier alpha value is -3.66. The van der Waals surface area contributed by atoms with Crippen LogP contribution in [0.1, 0.15) is 21.7 Å². The lowest BCUT2D eigenvalue weighted by Gasteiger charge is -2.27. The van der Waals surface area contributed by atoms with Gasteiger partial charge in [-0.15, -0.1) is 0 Å². The molecule has 3 aromatic rings. The molecular weight excluding hydrogens is 437 g/mol. The van der Waals surface area contributed by atoms with Crippen LogP contribution < -0.4 is 16.0 Å². The second-order valence-corrected chi connectivity index (χ2v) is 9.50. The molecule has 3 N–H and O–H groups in total. The first-order valence-electron chi connectivity index (χ1n) is 9.76. The maximum absolute atomic E-state index is 13.3. The molecule has 2 heterocycles. The summed E-state index contributed by atoms with van der Waals surface area (Å²) >= 11 is 0. The van der Waals surface area contributed by atoms with Gasteiger partial charge in [0.1, 0.15) is 17.6 Å². The molecule has 2 amide bonds. The van der Waals surface area contributed by atoms with Crippen molar-refractivity contribution in [1.82, 2.24) is 5.32 Å². The van der Waals surface area contributed by atoms with E-state index in [1.54, 1.807) is 24.3 Å². The van der Waals surface area contributed by atoms with Gasteiger partial charge in [0, 0.05) is 5.56 Å². The molecule has 1 aliphatic heterocycles. The summed E-state index contributed by atoms with van der Waals surface area (Å²) in [7, 11) is -3.70. The van der Waals surface area contributed by atoms with E-state index in [1.807, 2.05) is 0 Å². The lowest BCUT2D eigenvalue weighted by atomic mass is 10.1. The predicted molar refractivity (Wildman–Crippen MR) is 116 cm³/mol. The number of carbonyl (C=O) groups is 2. The fourth-order valence-electron chi connectivity index (χ4n) is 3.38. The van der Waals surface area contributed by atoms with Gasteiger partial charge < -0.3 is 20.4 Å². The molecule has 2 aromatic carbocycles. The molecule has 8 nitrogen and oxygen atoms in total. The molecule has 0 bridgehead atoms. The highest BCUT2D eigenvalue weighted by Gasteiger charge is 2.30. The molecule has 1 aliphatic rings. The second kappa shape index (κ2) is 8.83. The molecule has 4 rings (SSSR count). The van der Waals surface area contributed by atoms with E-state index in [4.69, 9.17) is 4.42 Å². The van der Waals surface area contributed by atoms with Gasteiger partial charge in [-0.2, -0.15) is 0 Å². The van der Waals surface area contributed by atoms with Crippen molar-refractivity contribution in [3.8, 4) is 0 Å². The van der Waals surface area contributed by atoms with Crippen molar-refractivity contribution < 1.29 is 26.8 Å². The van der Waals surface area contributed by atoms with Gasteiger partial charge in [-0.25, -0.2) is 12.8 Å². The van der Waals surface area contributed by atoms with Crippen LogP contribution in [0.4, 0.5) is 15.8 Å². The van der Waals surface area contributed by atoms with Gasteiger partial charge in [0.05, 0.1) is 35.7 Å². The Labute approximate surface area is 183 Å². The number of halogens is 1. The first-order valence-corrected chi connectivity index (χ1v) is 11.6. The van der Waals surface area contributed by atoms with E-state index in [1.165, 1.54) is 30.5 Å². The maximum atomic E-state index is 13.3. The van der Waals surface area contributed by atoms with Crippen LogP contribution >= 0.6 is 0 Å². The maximum Gasteiger partial charge on any atom is 0.251 e. The van der Waals surface area contributed by atoms with Gasteiger partial charge in [0.2, 0.25) is 5.91 Å². The highest BCUT2D eigenvalue weighted by Crippen LogP contribution is 2.28. The summed E-state index contributed by atoms with van der Waals surface area (Å²) in [5.74, 6) is -1.64. The van der Waals surface area contributed by atoms with Crippen LogP contribution in [0, 0.1) is 5.82 Å². The van der Waals surface area contributed by atoms with E-state index in [9.17, 15) is 22.4 Å². The smallest absolute Gasteiger partial charge is 0.251 e. The summed E-state index contributed by atoms with van der Waals surface area (Å²) in [6.07, 6.45) is 1.51. The van der Waals surface area contributed by atoms with Gasteiger partial charge in [0.25, 0.3) is 5.91 Å². The van der Waals surface area contributed by atoms with Crippen molar-refractivity contribution in [2.24, 2.45) is 0 Å². The lowest BCUT2D eigenvalue weighted by molar-refractivity contribution is -0.116. The molecule has 0 fully saturated rings. The first-order chi connectivity index (χ1) is 15.3. The predicted octanol–water partition coefficient (Wildman–Crippen LogP) is 2.70. The highest BCUT2D eigenvalue weighted by atomic mass is 32.2. The van der Waals surface area contributed by atoms with Crippen LogP contribution in [0.3, 0.4) is 0 Å². The Morgan fingerprint density at radius 1 is 1.09 bits per heavy atom. The molecule has 10 heteroatoms. The summed E-state index contributed by atoms with van der Waals surface area (Å²) in [5.41, 5.74) is 1.51. The Kier molecular flexibility index (Phi) is 5.95. The molecule has 0 radical (unpaired) electrons. The van der Waals surface area contributed by atoms with Gasteiger partial charge in [-0.1, -0.05) is 12.1 Å². The van der Waals surface area contributed by atoms with Crippen molar-refractivity contribution in [3.63, 3.8) is 0 Å². The number of fused-ring (bicyclic) bond motifs is 1. The van der Waals surface area contributed by atoms with Gasteiger partial charge in [-0.3, -0.25) is 9.59 Å². The van der Waals surface area contributed by atoms with Crippen molar-refractivity contribution in [2.45, 2.75) is 18.3 Å². The zero-order chi connectivity index (χ0) is 22.7.